The number of nitrogens with one attached hydrogen (secondary N) is 1. The van der Waals surface area contributed by atoms with Crippen LogP contribution in [0.1, 0.15) is 31.8 Å². The Morgan fingerprint density at radius 1 is 1.03 bits per heavy atom. The van der Waals surface area contributed by atoms with Crippen LogP contribution in [0.2, 0.25) is 5.02 Å². The molecule has 1 aliphatic heterocycles. The molecule has 7 nitrogen and oxygen atoms in total. The maximum absolute atomic E-state index is 13.6. The molecule has 0 spiro atoms. The normalized spacial score (nSPS) is 13.9. The molecule has 1 aromatic heterocycles. The van der Waals surface area contributed by atoms with Gasteiger partial charge in [0.2, 0.25) is 0 Å². The first-order chi connectivity index (χ1) is 15.9. The first-order valence-electron chi connectivity index (χ1n) is 9.37. The summed E-state index contributed by atoms with van der Waals surface area (Å²) < 4.78 is 80.2. The molecule has 0 fully saturated rings. The van der Waals surface area contributed by atoms with Gasteiger partial charge in [-0.2, -0.15) is 13.2 Å². The summed E-state index contributed by atoms with van der Waals surface area (Å²) in [5, 5.41) is -0.119. The summed E-state index contributed by atoms with van der Waals surface area (Å²) in [6.07, 6.45) is -2.21. The minimum absolute atomic E-state index is 0.119. The number of sulfonamides is 1. The van der Waals surface area contributed by atoms with Gasteiger partial charge < -0.3 is 0 Å². The van der Waals surface area contributed by atoms with Crippen LogP contribution in [0.3, 0.4) is 0 Å². The number of pyridine rings is 1. The zero-order valence-corrected chi connectivity index (χ0v) is 18.3. The van der Waals surface area contributed by atoms with Gasteiger partial charge in [-0.05, 0) is 42.0 Å². The molecule has 2 aromatic carbocycles. The van der Waals surface area contributed by atoms with Crippen molar-refractivity contribution < 1.29 is 35.6 Å². The van der Waals surface area contributed by atoms with Crippen LogP contribution in [-0.2, 0) is 22.7 Å². The van der Waals surface area contributed by atoms with Crippen LogP contribution in [0, 0.1) is 5.82 Å². The van der Waals surface area contributed by atoms with E-state index in [1.807, 2.05) is 4.72 Å². The Morgan fingerprint density at radius 2 is 1.74 bits per heavy atom. The van der Waals surface area contributed by atoms with E-state index in [0.29, 0.717) is 17.7 Å². The van der Waals surface area contributed by atoms with Crippen molar-refractivity contribution in [3.05, 3.63) is 88.0 Å². The van der Waals surface area contributed by atoms with Crippen molar-refractivity contribution >= 4 is 39.1 Å². The summed E-state index contributed by atoms with van der Waals surface area (Å²) in [6.45, 7) is -0.171. The number of aromatic nitrogens is 1. The lowest BCUT2D eigenvalue weighted by Gasteiger charge is -2.14. The highest BCUT2D eigenvalue weighted by Crippen LogP contribution is 2.37. The van der Waals surface area contributed by atoms with Gasteiger partial charge in [-0.3, -0.25) is 24.2 Å². The van der Waals surface area contributed by atoms with Crippen molar-refractivity contribution in [3.63, 3.8) is 0 Å². The van der Waals surface area contributed by atoms with Gasteiger partial charge in [0.05, 0.1) is 38.8 Å². The molecule has 0 radical (unpaired) electrons. The molecule has 0 saturated carbocycles. The monoisotopic (exact) mass is 513 g/mol. The zero-order chi connectivity index (χ0) is 24.8. The lowest BCUT2D eigenvalue weighted by molar-refractivity contribution is -0.140. The number of halogens is 5. The standard InChI is InChI=1S/C21H12ClF4N3O4S/c22-14-4-6-16(28-34(32,33)12-3-5-15(23)13(8-12)21(24,25)26)18-17(14)19(30)29(20(18)31)10-11-2-1-7-27-9-11/h1-9,28H,10H2. The van der Waals surface area contributed by atoms with Gasteiger partial charge in [-0.1, -0.05) is 17.7 Å². The number of hydrogen-bond donors (Lipinski definition) is 1. The van der Waals surface area contributed by atoms with E-state index in [2.05, 4.69) is 4.98 Å². The Kier molecular flexibility index (Phi) is 5.82. The molecule has 0 bridgehead atoms. The van der Waals surface area contributed by atoms with E-state index in [0.717, 1.165) is 11.0 Å². The highest BCUT2D eigenvalue weighted by molar-refractivity contribution is 7.92. The zero-order valence-electron chi connectivity index (χ0n) is 16.7. The van der Waals surface area contributed by atoms with Gasteiger partial charge in [0, 0.05) is 12.4 Å². The SMILES string of the molecule is O=C1c2c(Cl)ccc(NS(=O)(=O)c3ccc(F)c(C(F)(F)F)c3)c2C(=O)N1Cc1cccnc1. The molecule has 176 valence electrons. The van der Waals surface area contributed by atoms with E-state index < -0.39 is 44.3 Å². The number of imide groups is 1. The maximum atomic E-state index is 13.6. The average Bonchev–Trinajstić information content (AvgIpc) is 3.01. The Bertz CT molecular complexity index is 1430. The minimum atomic E-state index is -5.13. The molecule has 0 aliphatic carbocycles. The van der Waals surface area contributed by atoms with Crippen LogP contribution < -0.4 is 4.72 Å². The van der Waals surface area contributed by atoms with Crippen molar-refractivity contribution in [2.75, 3.05) is 4.72 Å². The molecule has 1 aliphatic rings. The molecule has 13 heteroatoms. The minimum Gasteiger partial charge on any atom is -0.279 e. The third-order valence-electron chi connectivity index (χ3n) is 4.93. The van der Waals surface area contributed by atoms with Crippen molar-refractivity contribution in [2.45, 2.75) is 17.6 Å². The number of benzene rings is 2. The highest BCUT2D eigenvalue weighted by atomic mass is 35.5. The number of anilines is 1. The number of carbonyl (C=O) groups is 2. The van der Waals surface area contributed by atoms with Gasteiger partial charge >= 0.3 is 6.18 Å². The Labute approximate surface area is 195 Å². The number of fused-ring (bicyclic) bond motifs is 1. The first kappa shape index (κ1) is 23.6. The molecular weight excluding hydrogens is 502 g/mol. The van der Waals surface area contributed by atoms with E-state index in [-0.39, 0.29) is 34.4 Å². The summed E-state index contributed by atoms with van der Waals surface area (Å²) in [6, 6.07) is 6.63. The van der Waals surface area contributed by atoms with Crippen LogP contribution >= 0.6 is 11.6 Å². The molecule has 34 heavy (non-hydrogen) atoms. The summed E-state index contributed by atoms with van der Waals surface area (Å²) >= 11 is 6.09. The molecule has 4 rings (SSSR count). The summed E-state index contributed by atoms with van der Waals surface area (Å²) in [7, 11) is -4.72. The summed E-state index contributed by atoms with van der Waals surface area (Å²) in [5.74, 6) is -3.29. The number of nitrogens with zero attached hydrogens (tertiary/aromatic N) is 2. The van der Waals surface area contributed by atoms with Crippen LogP contribution in [0.5, 0.6) is 0 Å². The van der Waals surface area contributed by atoms with Gasteiger partial charge in [0.1, 0.15) is 5.82 Å². The third kappa shape index (κ3) is 4.21. The first-order valence-corrected chi connectivity index (χ1v) is 11.2. The number of amides is 2. The summed E-state index contributed by atoms with van der Waals surface area (Å²) in [4.78, 5) is 29.7. The lowest BCUT2D eigenvalue weighted by atomic mass is 10.1. The van der Waals surface area contributed by atoms with E-state index in [1.165, 1.54) is 18.5 Å². The van der Waals surface area contributed by atoms with Crippen LogP contribution in [0.15, 0.2) is 59.8 Å². The molecule has 0 saturated heterocycles. The highest BCUT2D eigenvalue weighted by Gasteiger charge is 2.40. The number of rotatable bonds is 5. The fourth-order valence-electron chi connectivity index (χ4n) is 3.37. The van der Waals surface area contributed by atoms with Crippen molar-refractivity contribution in [1.29, 1.82) is 0 Å². The molecule has 0 unspecified atom stereocenters. The quantitative estimate of drug-likeness (QED) is 0.400. The smallest absolute Gasteiger partial charge is 0.279 e. The second-order valence-electron chi connectivity index (χ2n) is 7.15. The maximum Gasteiger partial charge on any atom is 0.419 e. The van der Waals surface area contributed by atoms with E-state index >= 15 is 0 Å². The van der Waals surface area contributed by atoms with E-state index in [4.69, 9.17) is 11.6 Å². The van der Waals surface area contributed by atoms with Crippen LogP contribution in [0.4, 0.5) is 23.2 Å². The molecule has 2 heterocycles. The van der Waals surface area contributed by atoms with Crippen molar-refractivity contribution in [1.82, 2.24) is 9.88 Å². The van der Waals surface area contributed by atoms with Crippen LogP contribution in [-0.4, -0.2) is 30.1 Å². The summed E-state index contributed by atoms with van der Waals surface area (Å²) in [5.41, 5.74) is -2.25. The largest absolute Gasteiger partial charge is 0.419 e. The molecule has 1 N–H and O–H groups in total. The van der Waals surface area contributed by atoms with E-state index in [9.17, 15) is 35.6 Å². The van der Waals surface area contributed by atoms with Gasteiger partial charge in [-0.25, -0.2) is 12.8 Å². The van der Waals surface area contributed by atoms with Crippen molar-refractivity contribution in [3.8, 4) is 0 Å². The molecule has 2 amide bonds. The fraction of sp³-hybridized carbons (Fsp3) is 0.0952. The molecule has 3 aromatic rings. The topological polar surface area (TPSA) is 96.4 Å². The predicted octanol–water partition coefficient (Wildman–Crippen LogP) is 4.49. The number of hydrogen-bond acceptors (Lipinski definition) is 5. The number of carbonyl (C=O) groups excluding carboxylic acids is 2. The second kappa shape index (κ2) is 8.37. The van der Waals surface area contributed by atoms with Crippen LogP contribution in [0.25, 0.3) is 0 Å². The van der Waals surface area contributed by atoms with Crippen molar-refractivity contribution in [2.24, 2.45) is 0 Å². The van der Waals surface area contributed by atoms with E-state index in [1.54, 1.807) is 12.1 Å². The average molecular weight is 514 g/mol. The fourth-order valence-corrected chi connectivity index (χ4v) is 4.70. The lowest BCUT2D eigenvalue weighted by Crippen LogP contribution is -2.29. The third-order valence-corrected chi connectivity index (χ3v) is 6.61. The van der Waals surface area contributed by atoms with Gasteiger partial charge in [0.25, 0.3) is 21.8 Å². The Hall–Kier alpha value is -3.51. The number of alkyl halides is 3. The van der Waals surface area contributed by atoms with Gasteiger partial charge in [-0.15, -0.1) is 0 Å². The Morgan fingerprint density at radius 3 is 2.38 bits per heavy atom. The molecule has 0 atom stereocenters. The Balaban J connectivity index is 1.73. The predicted molar refractivity (Wildman–Crippen MR) is 112 cm³/mol. The molecular formula is C21H12ClF4N3O4S. The second-order valence-corrected chi connectivity index (χ2v) is 9.24. The van der Waals surface area contributed by atoms with Gasteiger partial charge in [0.15, 0.2) is 0 Å².